The summed E-state index contributed by atoms with van der Waals surface area (Å²) in [6.07, 6.45) is 3.70. The Labute approximate surface area is 197 Å². The molecule has 2 aromatic heterocycles. The largest absolute Gasteiger partial charge is 0.353 e. The molecule has 3 aromatic rings. The number of nitrogens with one attached hydrogen (secondary N) is 2. The second-order valence-corrected chi connectivity index (χ2v) is 10.6. The number of H-pyrrole nitrogens is 1. The van der Waals surface area contributed by atoms with Gasteiger partial charge in [0.25, 0.3) is 0 Å². The summed E-state index contributed by atoms with van der Waals surface area (Å²) in [5.74, 6) is 0.699. The predicted octanol–water partition coefficient (Wildman–Crippen LogP) is 2.01. The molecule has 12 heteroatoms. The number of piperazine rings is 1. The van der Waals surface area contributed by atoms with Gasteiger partial charge in [-0.2, -0.15) is 0 Å². The molecule has 0 aliphatic carbocycles. The number of aromatic amines is 1. The summed E-state index contributed by atoms with van der Waals surface area (Å²) < 4.78 is 25.8. The number of nitrogens with zero attached hydrogens (tertiary/aromatic N) is 5. The Bertz CT molecular complexity index is 1250. The number of carbonyl (C=O) groups is 1. The van der Waals surface area contributed by atoms with Gasteiger partial charge in [0.2, 0.25) is 15.9 Å². The van der Waals surface area contributed by atoms with Crippen LogP contribution in [0.25, 0.3) is 11.0 Å². The molecule has 33 heavy (non-hydrogen) atoms. The molecule has 176 valence electrons. The van der Waals surface area contributed by atoms with Gasteiger partial charge in [0.15, 0.2) is 0 Å². The smallest absolute Gasteiger partial charge is 0.242 e. The third-order valence-corrected chi connectivity index (χ3v) is 7.79. The molecule has 10 nitrogen and oxygen atoms in total. The second-order valence-electron chi connectivity index (χ2n) is 7.99. The van der Waals surface area contributed by atoms with Crippen LogP contribution in [-0.2, 0) is 14.8 Å². The van der Waals surface area contributed by atoms with Crippen molar-refractivity contribution in [1.29, 1.82) is 0 Å². The van der Waals surface area contributed by atoms with E-state index in [1.54, 1.807) is 6.33 Å². The fourth-order valence-electron chi connectivity index (χ4n) is 3.74. The average Bonchev–Trinajstić information content (AvgIpc) is 3.28. The van der Waals surface area contributed by atoms with Crippen molar-refractivity contribution in [3.8, 4) is 0 Å². The van der Waals surface area contributed by atoms with E-state index in [0.29, 0.717) is 6.54 Å². The Morgan fingerprint density at radius 3 is 2.67 bits per heavy atom. The zero-order valence-electron chi connectivity index (χ0n) is 18.5. The van der Waals surface area contributed by atoms with Gasteiger partial charge < -0.3 is 15.2 Å². The second kappa shape index (κ2) is 9.64. The van der Waals surface area contributed by atoms with Gasteiger partial charge in [0, 0.05) is 59.4 Å². The summed E-state index contributed by atoms with van der Waals surface area (Å²) in [5, 5.41) is 4.03. The number of benzene rings is 1. The highest BCUT2D eigenvalue weighted by Gasteiger charge is 2.22. The maximum atomic E-state index is 12.5. The summed E-state index contributed by atoms with van der Waals surface area (Å²) in [6.45, 7) is 3.81. The van der Waals surface area contributed by atoms with E-state index in [1.165, 1.54) is 32.3 Å². The van der Waals surface area contributed by atoms with Crippen LogP contribution in [0.2, 0.25) is 5.02 Å². The highest BCUT2D eigenvalue weighted by molar-refractivity contribution is 7.89. The van der Waals surface area contributed by atoms with Crippen molar-refractivity contribution in [1.82, 2.24) is 24.2 Å². The van der Waals surface area contributed by atoms with Gasteiger partial charge in [-0.05, 0) is 24.3 Å². The maximum absolute atomic E-state index is 12.5. The Morgan fingerprint density at radius 1 is 1.18 bits per heavy atom. The van der Waals surface area contributed by atoms with Crippen LogP contribution in [0.3, 0.4) is 0 Å². The van der Waals surface area contributed by atoms with E-state index in [4.69, 9.17) is 11.6 Å². The van der Waals surface area contributed by atoms with Gasteiger partial charge in [-0.3, -0.25) is 9.69 Å². The molecule has 2 N–H and O–H groups in total. The topological polar surface area (TPSA) is 115 Å². The summed E-state index contributed by atoms with van der Waals surface area (Å²) in [4.78, 5) is 28.8. The molecule has 1 aliphatic rings. The highest BCUT2D eigenvalue weighted by Crippen LogP contribution is 2.27. The van der Waals surface area contributed by atoms with Crippen molar-refractivity contribution in [2.45, 2.75) is 11.3 Å². The van der Waals surface area contributed by atoms with E-state index >= 15 is 0 Å². The standard InChI is InChI=1S/C21H26ClN7O3S/c1-27(2)33(31,32)15-3-4-17(22)18(13-15)26-19(30)6-8-28-9-11-29(12-10-28)21-16-5-7-23-20(16)24-14-25-21/h3-5,7,13-14H,6,8-12H2,1-2H3,(H,26,30)(H,23,24,25). The molecule has 1 saturated heterocycles. The number of fused-ring (bicyclic) bond motifs is 1. The number of carbonyl (C=O) groups excluding carboxylic acids is 1. The lowest BCUT2D eigenvalue weighted by atomic mass is 10.2. The molecule has 0 unspecified atom stereocenters. The number of halogens is 1. The number of hydrogen-bond donors (Lipinski definition) is 2. The van der Waals surface area contributed by atoms with Crippen molar-refractivity contribution in [3.63, 3.8) is 0 Å². The fourth-order valence-corrected chi connectivity index (χ4v) is 4.83. The lowest BCUT2D eigenvalue weighted by molar-refractivity contribution is -0.116. The fraction of sp³-hybridized carbons (Fsp3) is 0.381. The molecule has 0 radical (unpaired) electrons. The molecular formula is C21H26ClN7O3S. The van der Waals surface area contributed by atoms with Gasteiger partial charge in [-0.15, -0.1) is 0 Å². The minimum atomic E-state index is -3.62. The number of amides is 1. The van der Waals surface area contributed by atoms with Crippen molar-refractivity contribution in [2.75, 3.05) is 57.0 Å². The Hall–Kier alpha value is -2.73. The molecule has 1 aromatic carbocycles. The van der Waals surface area contributed by atoms with Crippen LogP contribution < -0.4 is 10.2 Å². The summed E-state index contributed by atoms with van der Waals surface area (Å²) in [7, 11) is -0.716. The van der Waals surface area contributed by atoms with Gasteiger partial charge in [-0.1, -0.05) is 11.6 Å². The first-order chi connectivity index (χ1) is 15.8. The van der Waals surface area contributed by atoms with Crippen LogP contribution in [0, 0.1) is 0 Å². The lowest BCUT2D eigenvalue weighted by Gasteiger charge is -2.35. The van der Waals surface area contributed by atoms with Gasteiger partial charge >= 0.3 is 0 Å². The van der Waals surface area contributed by atoms with E-state index in [2.05, 4.69) is 30.1 Å². The van der Waals surface area contributed by atoms with Crippen LogP contribution in [0.15, 0.2) is 41.7 Å². The molecule has 0 spiro atoms. The van der Waals surface area contributed by atoms with Crippen LogP contribution in [-0.4, -0.2) is 85.3 Å². The van der Waals surface area contributed by atoms with Gasteiger partial charge in [-0.25, -0.2) is 22.7 Å². The minimum Gasteiger partial charge on any atom is -0.353 e. The quantitative estimate of drug-likeness (QED) is 0.519. The molecule has 1 aliphatic heterocycles. The molecule has 1 amide bonds. The van der Waals surface area contributed by atoms with Crippen molar-refractivity contribution < 1.29 is 13.2 Å². The SMILES string of the molecule is CN(C)S(=O)(=O)c1ccc(Cl)c(NC(=O)CCN2CCN(c3ncnc4[nH]ccc34)CC2)c1. The van der Waals surface area contributed by atoms with Crippen LogP contribution in [0.1, 0.15) is 6.42 Å². The number of anilines is 2. The zero-order chi connectivity index (χ0) is 23.6. The third kappa shape index (κ3) is 5.11. The van der Waals surface area contributed by atoms with E-state index in [1.807, 2.05) is 12.3 Å². The van der Waals surface area contributed by atoms with Crippen LogP contribution >= 0.6 is 11.6 Å². The summed E-state index contributed by atoms with van der Waals surface area (Å²) >= 11 is 6.17. The molecule has 0 bridgehead atoms. The zero-order valence-corrected chi connectivity index (χ0v) is 20.0. The number of rotatable bonds is 7. The minimum absolute atomic E-state index is 0.0737. The summed E-state index contributed by atoms with van der Waals surface area (Å²) in [5.41, 5.74) is 1.11. The monoisotopic (exact) mass is 491 g/mol. The van der Waals surface area contributed by atoms with E-state index < -0.39 is 10.0 Å². The third-order valence-electron chi connectivity index (χ3n) is 5.65. The maximum Gasteiger partial charge on any atom is 0.242 e. The van der Waals surface area contributed by atoms with Gasteiger partial charge in [0.1, 0.15) is 17.8 Å². The number of aromatic nitrogens is 3. The molecular weight excluding hydrogens is 466 g/mol. The number of sulfonamides is 1. The predicted molar refractivity (Wildman–Crippen MR) is 128 cm³/mol. The van der Waals surface area contributed by atoms with Crippen molar-refractivity contribution in [3.05, 3.63) is 41.8 Å². The average molecular weight is 492 g/mol. The Kier molecular flexibility index (Phi) is 6.84. The summed E-state index contributed by atoms with van der Waals surface area (Å²) in [6, 6.07) is 6.26. The van der Waals surface area contributed by atoms with Crippen molar-refractivity contribution in [2.24, 2.45) is 0 Å². The van der Waals surface area contributed by atoms with Crippen LogP contribution in [0.5, 0.6) is 0 Å². The first kappa shape index (κ1) is 23.4. The van der Waals surface area contributed by atoms with Gasteiger partial charge in [0.05, 0.1) is 21.0 Å². The normalized spacial score (nSPS) is 15.3. The van der Waals surface area contributed by atoms with E-state index in [-0.39, 0.29) is 27.9 Å². The highest BCUT2D eigenvalue weighted by atomic mass is 35.5. The van der Waals surface area contributed by atoms with Crippen LogP contribution in [0.4, 0.5) is 11.5 Å². The first-order valence-electron chi connectivity index (χ1n) is 10.5. The Balaban J connectivity index is 1.31. The van der Waals surface area contributed by atoms with E-state index in [0.717, 1.165) is 47.3 Å². The van der Waals surface area contributed by atoms with E-state index in [9.17, 15) is 13.2 Å². The molecule has 4 rings (SSSR count). The molecule has 0 saturated carbocycles. The molecule has 3 heterocycles. The number of hydrogen-bond acceptors (Lipinski definition) is 7. The molecule has 1 fully saturated rings. The Morgan fingerprint density at radius 2 is 1.94 bits per heavy atom. The van der Waals surface area contributed by atoms with Crippen molar-refractivity contribution >= 4 is 50.1 Å². The first-order valence-corrected chi connectivity index (χ1v) is 12.3. The molecule has 0 atom stereocenters. The lowest BCUT2D eigenvalue weighted by Crippen LogP contribution is -2.47.